The van der Waals surface area contributed by atoms with E-state index >= 15 is 4.39 Å². The molecule has 0 bridgehead atoms. The van der Waals surface area contributed by atoms with Crippen molar-refractivity contribution in [3.63, 3.8) is 0 Å². The van der Waals surface area contributed by atoms with Gasteiger partial charge in [0.15, 0.2) is 0 Å². The van der Waals surface area contributed by atoms with Crippen LogP contribution in [-0.2, 0) is 94.4 Å². The summed E-state index contributed by atoms with van der Waals surface area (Å²) in [5.41, 5.74) is 14.3. The third-order valence-corrected chi connectivity index (χ3v) is 19.1. The lowest BCUT2D eigenvalue weighted by Gasteiger charge is -2.36. The van der Waals surface area contributed by atoms with Crippen LogP contribution in [-0.4, -0.2) is 221 Å². The number of halogens is 1. The molecule has 0 radical (unpaired) electrons. The fourth-order valence-electron chi connectivity index (χ4n) is 12.7. The van der Waals surface area contributed by atoms with Crippen molar-refractivity contribution in [1.82, 2.24) is 67.7 Å². The molecule has 0 saturated carbocycles. The number of aromatic nitrogens is 3. The first-order valence-electron chi connectivity index (χ1n) is 36.1. The molecule has 11 amide bonds. The van der Waals surface area contributed by atoms with Gasteiger partial charge in [0.25, 0.3) is 0 Å². The molecule has 19 N–H and O–H groups in total. The highest BCUT2D eigenvalue weighted by Gasteiger charge is 2.48. The number of aliphatic hydroxyl groups is 3. The van der Waals surface area contributed by atoms with Crippen LogP contribution >= 0.6 is 0 Å². The van der Waals surface area contributed by atoms with Gasteiger partial charge in [0.2, 0.25) is 65.0 Å². The van der Waals surface area contributed by atoms with E-state index in [1.165, 1.54) is 42.5 Å². The molecule has 0 unspecified atom stereocenters. The number of aliphatic carboxylic acids is 2. The van der Waals surface area contributed by atoms with Crippen LogP contribution in [0.1, 0.15) is 100 Å². The van der Waals surface area contributed by atoms with Gasteiger partial charge < -0.3 is 99.5 Å². The number of amides is 11. The second-order valence-corrected chi connectivity index (χ2v) is 27.8. The van der Waals surface area contributed by atoms with Gasteiger partial charge in [-0.2, -0.15) is 0 Å². The number of benzene rings is 4. The number of carbonyl (C=O) groups excluding carboxylic acids is 11. The molecule has 112 heavy (non-hydrogen) atoms. The molecule has 600 valence electrons. The Morgan fingerprint density at radius 3 is 1.92 bits per heavy atom. The van der Waals surface area contributed by atoms with Crippen molar-refractivity contribution in [2.45, 2.75) is 177 Å². The summed E-state index contributed by atoms with van der Waals surface area (Å²) < 4.78 is 20.9. The van der Waals surface area contributed by atoms with Crippen molar-refractivity contribution in [3.05, 3.63) is 161 Å². The third kappa shape index (κ3) is 23.7. The number of nitrogens with one attached hydrogen (secondary N) is 10. The van der Waals surface area contributed by atoms with E-state index in [0.717, 1.165) is 54.7 Å². The summed E-state index contributed by atoms with van der Waals surface area (Å²) in [6.45, 7) is 6.27. The number of nitrogens with zero attached hydrogens (tertiary/aromatic N) is 3. The van der Waals surface area contributed by atoms with E-state index in [4.69, 9.17) is 16.2 Å². The monoisotopic (exact) mass is 1550 g/mol. The van der Waals surface area contributed by atoms with Crippen molar-refractivity contribution in [3.8, 4) is 28.1 Å². The molecule has 34 nitrogen and oxygen atoms in total. The minimum absolute atomic E-state index is 0.0282. The highest BCUT2D eigenvalue weighted by molar-refractivity contribution is 6.01. The lowest BCUT2D eigenvalue weighted by atomic mass is 9.90. The molecule has 1 saturated heterocycles. The first-order chi connectivity index (χ1) is 53.1. The number of nitrogens with two attached hydrogens (primary N) is 2. The first kappa shape index (κ1) is 87.1. The van der Waals surface area contributed by atoms with Crippen molar-refractivity contribution >= 4 is 76.9 Å². The lowest BCUT2D eigenvalue weighted by Crippen LogP contribution is -2.67. The lowest BCUT2D eigenvalue weighted by molar-refractivity contribution is -0.146. The van der Waals surface area contributed by atoms with Gasteiger partial charge in [0.05, 0.1) is 62.6 Å². The van der Waals surface area contributed by atoms with Gasteiger partial charge in [-0.1, -0.05) is 85.8 Å². The SMILES string of the molecule is CCc1cc(OC)ccc1-c1ccc(C[C@H](NC(=O)[C@H](CC(=O)O)NC(=O)[C@H](CO)NC(=O)[C@@H](NC(=O)[C@@](C)(Cc2ccccc2F)NC(=O)[C@@H](NC(=O)CNC(=O)[C@H](CCC(=O)O)NC(=O)[C@@]2(C)CCCN2C(=O)[C@@H](N)Cc2c[nH]cn2)[C@@H](C)O)[C@@H](C)O)C(=O)N[C@@H](Cc2ccc(-c3ccccc3C)nc2)C(N)=O)cc1. The van der Waals surface area contributed by atoms with Gasteiger partial charge in [-0.25, -0.2) is 9.37 Å². The summed E-state index contributed by atoms with van der Waals surface area (Å²) in [7, 11) is 1.54. The van der Waals surface area contributed by atoms with Crippen molar-refractivity contribution in [1.29, 1.82) is 0 Å². The predicted octanol–water partition coefficient (Wildman–Crippen LogP) is -0.900. The predicted molar refractivity (Wildman–Crippen MR) is 401 cm³/mol. The zero-order chi connectivity index (χ0) is 82.3. The zero-order valence-electron chi connectivity index (χ0n) is 62.8. The van der Waals surface area contributed by atoms with Gasteiger partial charge in [-0.05, 0) is 124 Å². The highest BCUT2D eigenvalue weighted by atomic mass is 19.1. The van der Waals surface area contributed by atoms with E-state index in [-0.39, 0.29) is 37.8 Å². The van der Waals surface area contributed by atoms with Crippen molar-refractivity contribution in [2.24, 2.45) is 11.5 Å². The molecule has 0 spiro atoms. The average Bonchev–Trinajstić information content (AvgIpc) is 1.55. The fourth-order valence-corrected chi connectivity index (χ4v) is 12.7. The minimum atomic E-state index is -2.43. The van der Waals surface area contributed by atoms with Crippen LogP contribution in [0.5, 0.6) is 5.75 Å². The van der Waals surface area contributed by atoms with Crippen LogP contribution in [0.4, 0.5) is 4.39 Å². The number of rotatable bonds is 40. The van der Waals surface area contributed by atoms with Crippen molar-refractivity contribution in [2.75, 3.05) is 26.8 Å². The topological polar surface area (TPSA) is 537 Å². The Morgan fingerprint density at radius 1 is 0.688 bits per heavy atom. The number of imidazole rings is 1. The molecule has 1 aliphatic rings. The Morgan fingerprint density at radius 2 is 1.31 bits per heavy atom. The van der Waals surface area contributed by atoms with Crippen LogP contribution in [0.25, 0.3) is 22.4 Å². The summed E-state index contributed by atoms with van der Waals surface area (Å²) in [6, 6.07) is 14.2. The van der Waals surface area contributed by atoms with E-state index < -0.39 is 193 Å². The Hall–Kier alpha value is -12.1. The molecule has 4 aromatic carbocycles. The van der Waals surface area contributed by atoms with Crippen LogP contribution in [0.2, 0.25) is 0 Å². The summed E-state index contributed by atoms with van der Waals surface area (Å²) in [6.07, 6.45) is -1.68. The molecule has 7 rings (SSSR count). The number of methoxy groups -OCH3 is 1. The average molecular weight is 1550 g/mol. The Kier molecular flexibility index (Phi) is 31.2. The van der Waals surface area contributed by atoms with Crippen molar-refractivity contribution < 1.29 is 97.0 Å². The molecular formula is C77H96FN15O19. The number of primary amides is 1. The van der Waals surface area contributed by atoms with Gasteiger partial charge in [-0.3, -0.25) is 67.3 Å². The fraction of sp³-hybridized carbons (Fsp3) is 0.416. The number of carbonyl (C=O) groups is 13. The van der Waals surface area contributed by atoms with Crippen LogP contribution in [0.3, 0.4) is 0 Å². The number of H-pyrrole nitrogens is 1. The Bertz CT molecular complexity index is 4380. The summed E-state index contributed by atoms with van der Waals surface area (Å²) in [5.74, 6) is -15.7. The minimum Gasteiger partial charge on any atom is -0.497 e. The van der Waals surface area contributed by atoms with E-state index in [1.54, 1.807) is 55.8 Å². The normalized spacial score (nSPS) is 16.4. The molecule has 3 heterocycles. The van der Waals surface area contributed by atoms with Gasteiger partial charge in [0, 0.05) is 56.6 Å². The second kappa shape index (κ2) is 40.0. The quantitative estimate of drug-likeness (QED) is 0.0222. The number of likely N-dealkylation sites (tertiary alicyclic amines) is 1. The number of aliphatic hydroxyl groups excluding tert-OH is 3. The number of pyridine rings is 1. The number of hydrogen-bond acceptors (Lipinski definition) is 20. The maximum atomic E-state index is 15.5. The summed E-state index contributed by atoms with van der Waals surface area (Å²) >= 11 is 0. The summed E-state index contributed by atoms with van der Waals surface area (Å²) in [5, 5.41) is 73.2. The second-order valence-electron chi connectivity index (χ2n) is 27.8. The largest absolute Gasteiger partial charge is 0.497 e. The van der Waals surface area contributed by atoms with Gasteiger partial charge in [-0.15, -0.1) is 0 Å². The smallest absolute Gasteiger partial charge is 0.305 e. The van der Waals surface area contributed by atoms with E-state index in [1.807, 2.05) is 50.2 Å². The molecule has 6 aromatic rings. The number of ether oxygens (including phenoxy) is 1. The number of carboxylic acids is 2. The number of hydrogen-bond donors (Lipinski definition) is 17. The molecule has 0 aliphatic carbocycles. The molecule has 35 heteroatoms. The van der Waals surface area contributed by atoms with Gasteiger partial charge in [0.1, 0.15) is 64.9 Å². The maximum absolute atomic E-state index is 15.5. The Labute approximate surface area is 644 Å². The molecule has 2 aromatic heterocycles. The standard InChI is InChI=1S/C77H96FN15O19/c1-8-46-32-50(112-7)23-24-52(46)47-21-18-44(19-22-47)30-58(68(104)85-57(66(80)102)31-45-20-25-55(82-36-45)51-16-11-9-14-41(51)2)86-69(105)59(34-63(100)101)87-70(106)60(39-94)88-71(107)64(42(3)95)91-74(110)76(5,35-48-15-10-12-17-53(48)78)92-72(108)65(43(4)96)90-61(97)38-83-67(103)56(26-27-62(98)99)89-75(111)77(6)28-13-29-93(77)73(109)54(79)33-49-37-81-40-84-49/h9-12,14-25,32,36-37,40,42-43,54,56-60,64-65,94-96H,8,13,26-31,33-35,38-39,79H2,1-7H3,(H2,80,102)(H,81,84)(H,83,103)(H,85,104)(H,86,105)(H,87,106)(H,88,107)(H,89,111)(H,90,97)(H,91,110)(H,92,108)(H,98,99)(H,100,101)/t42-,43-,54+,56+,57+,58+,59+,60+,64+,65+,76-,77-/m1/s1. The number of carboxylic acid groups (broad SMARTS) is 2. The molecule has 1 aliphatic heterocycles. The van der Waals surface area contributed by atoms with Gasteiger partial charge >= 0.3 is 11.9 Å². The molecule has 1 fully saturated rings. The summed E-state index contributed by atoms with van der Waals surface area (Å²) in [4.78, 5) is 191. The van der Waals surface area contributed by atoms with E-state index in [0.29, 0.717) is 41.1 Å². The van der Waals surface area contributed by atoms with Crippen LogP contribution < -0.4 is 64.1 Å². The molecular weight excluding hydrogens is 1460 g/mol. The maximum Gasteiger partial charge on any atom is 0.305 e. The molecule has 12 atom stereocenters. The number of aryl methyl sites for hydroxylation is 2. The first-order valence-corrected chi connectivity index (χ1v) is 36.1. The van der Waals surface area contributed by atoms with E-state index in [2.05, 4.69) is 62.8 Å². The van der Waals surface area contributed by atoms with E-state index in [9.17, 15) is 87.9 Å². The Balaban J connectivity index is 1.05. The number of aromatic amines is 1. The zero-order valence-corrected chi connectivity index (χ0v) is 62.8. The van der Waals surface area contributed by atoms with Crippen LogP contribution in [0, 0.1) is 12.7 Å². The highest BCUT2D eigenvalue weighted by Crippen LogP contribution is 2.32. The van der Waals surface area contributed by atoms with Crippen LogP contribution in [0.15, 0.2) is 122 Å². The third-order valence-electron chi connectivity index (χ3n) is 19.1.